The van der Waals surface area contributed by atoms with Crippen LogP contribution in [0.15, 0.2) is 76.0 Å². The third-order valence-electron chi connectivity index (χ3n) is 8.00. The van der Waals surface area contributed by atoms with Crippen LogP contribution in [-0.4, -0.2) is 43.7 Å². The zero-order valence-corrected chi connectivity index (χ0v) is 24.5. The Morgan fingerprint density at radius 3 is 2.38 bits per heavy atom. The number of nitrogens with zero attached hydrogens (tertiary/aromatic N) is 3. The van der Waals surface area contributed by atoms with Gasteiger partial charge in [-0.05, 0) is 56.3 Å². The highest BCUT2D eigenvalue weighted by molar-refractivity contribution is 7.95. The van der Waals surface area contributed by atoms with Crippen molar-refractivity contribution in [3.05, 3.63) is 105 Å². The summed E-state index contributed by atoms with van der Waals surface area (Å²) in [6.07, 6.45) is 2.46. The fourth-order valence-corrected chi connectivity index (χ4v) is 6.44. The first-order valence-corrected chi connectivity index (χ1v) is 14.5. The molecule has 0 bridgehead atoms. The fraction of sp³-hybridized carbons (Fsp3) is 0.219. The highest BCUT2D eigenvalue weighted by Gasteiger charge is 2.54. The molecule has 42 heavy (non-hydrogen) atoms. The van der Waals surface area contributed by atoms with Gasteiger partial charge in [-0.3, -0.25) is 19.0 Å². The van der Waals surface area contributed by atoms with Crippen LogP contribution < -0.4 is 25.3 Å². The van der Waals surface area contributed by atoms with E-state index in [1.807, 2.05) is 55.4 Å². The summed E-state index contributed by atoms with van der Waals surface area (Å²) in [6, 6.07) is 18.1. The predicted molar refractivity (Wildman–Crippen MR) is 166 cm³/mol. The SMILES string of the molecule is CCN(CC)c1ccc2cc(C3=CC4(c5ccc(N(C)C)cc5O3)c3cc(C=O)ccc3C(=O)N4SN)c(=O)oc2c1. The Labute approximate surface area is 247 Å². The van der Waals surface area contributed by atoms with Crippen molar-refractivity contribution in [2.75, 3.05) is 37.0 Å². The van der Waals surface area contributed by atoms with Gasteiger partial charge in [0.05, 0.1) is 0 Å². The minimum absolute atomic E-state index is 0.202. The largest absolute Gasteiger partial charge is 0.456 e. The maximum absolute atomic E-state index is 13.7. The lowest BCUT2D eigenvalue weighted by Crippen LogP contribution is -2.42. The maximum Gasteiger partial charge on any atom is 0.347 e. The Morgan fingerprint density at radius 1 is 0.929 bits per heavy atom. The van der Waals surface area contributed by atoms with Gasteiger partial charge >= 0.3 is 5.63 Å². The Kier molecular flexibility index (Phi) is 6.83. The van der Waals surface area contributed by atoms with Crippen molar-refractivity contribution < 1.29 is 18.7 Å². The maximum atomic E-state index is 13.7. The van der Waals surface area contributed by atoms with E-state index in [1.165, 1.54) is 4.31 Å². The summed E-state index contributed by atoms with van der Waals surface area (Å²) in [6.45, 7) is 5.79. The second-order valence-corrected chi connectivity index (χ2v) is 11.0. The van der Waals surface area contributed by atoms with Crippen molar-refractivity contribution in [1.29, 1.82) is 0 Å². The monoisotopic (exact) mass is 582 g/mol. The first kappa shape index (κ1) is 27.6. The Morgan fingerprint density at radius 2 is 1.69 bits per heavy atom. The van der Waals surface area contributed by atoms with Gasteiger partial charge in [-0.1, -0.05) is 12.1 Å². The number of benzene rings is 3. The zero-order valence-electron chi connectivity index (χ0n) is 23.7. The number of fused-ring (bicyclic) bond motifs is 5. The number of aldehydes is 1. The molecule has 1 unspecified atom stereocenters. The van der Waals surface area contributed by atoms with Gasteiger partial charge in [0.1, 0.15) is 34.5 Å². The number of hydrogen-bond donors (Lipinski definition) is 1. The quantitative estimate of drug-likeness (QED) is 0.179. The summed E-state index contributed by atoms with van der Waals surface area (Å²) >= 11 is 0.781. The van der Waals surface area contributed by atoms with Crippen LogP contribution >= 0.6 is 12.1 Å². The summed E-state index contributed by atoms with van der Waals surface area (Å²) in [4.78, 5) is 43.1. The molecule has 9 nitrogen and oxygen atoms in total. The lowest BCUT2D eigenvalue weighted by atomic mass is 9.80. The zero-order chi connectivity index (χ0) is 29.8. The van der Waals surface area contributed by atoms with E-state index in [2.05, 4.69) is 18.7 Å². The first-order chi connectivity index (χ1) is 20.2. The highest BCUT2D eigenvalue weighted by atomic mass is 32.2. The molecule has 1 atom stereocenters. The summed E-state index contributed by atoms with van der Waals surface area (Å²) < 4.78 is 13.7. The van der Waals surface area contributed by atoms with Crippen LogP contribution in [0.5, 0.6) is 5.75 Å². The molecule has 3 aromatic carbocycles. The smallest absolute Gasteiger partial charge is 0.347 e. The third-order valence-corrected chi connectivity index (χ3v) is 8.66. The van der Waals surface area contributed by atoms with Gasteiger partial charge in [-0.2, -0.15) is 0 Å². The summed E-state index contributed by atoms with van der Waals surface area (Å²) in [5, 5.41) is 6.88. The van der Waals surface area contributed by atoms with Crippen LogP contribution in [0.1, 0.15) is 51.3 Å². The van der Waals surface area contributed by atoms with Crippen molar-refractivity contribution in [3.63, 3.8) is 0 Å². The molecule has 0 aliphatic carbocycles. The van der Waals surface area contributed by atoms with Gasteiger partial charge in [-0.25, -0.2) is 4.79 Å². The standard InChI is InChI=1S/C32H30N4O5S/c1-5-35(6-2)22-9-8-20-14-24(31(39)41-27(20)16-22)29-17-32(25-12-10-21(34(3)4)15-28(25)40-29)26-13-19(18-37)7-11-23(26)30(38)36(32)42-33/h7-18H,5-6,33H2,1-4H3. The molecule has 0 fully saturated rings. The van der Waals surface area contributed by atoms with E-state index in [9.17, 15) is 14.4 Å². The molecular formula is C32H30N4O5S. The molecule has 214 valence electrons. The molecule has 2 aliphatic heterocycles. The van der Waals surface area contributed by atoms with E-state index in [0.29, 0.717) is 33.6 Å². The lowest BCUT2D eigenvalue weighted by molar-refractivity contribution is 0.0846. The van der Waals surface area contributed by atoms with Crippen LogP contribution in [0.2, 0.25) is 0 Å². The molecule has 10 heteroatoms. The summed E-state index contributed by atoms with van der Waals surface area (Å²) in [7, 11) is 3.82. The van der Waals surface area contributed by atoms with Crippen LogP contribution in [0.25, 0.3) is 16.7 Å². The summed E-state index contributed by atoms with van der Waals surface area (Å²) in [5.41, 5.74) is 2.69. The van der Waals surface area contributed by atoms with Gasteiger partial charge in [0.2, 0.25) is 0 Å². The van der Waals surface area contributed by atoms with E-state index in [4.69, 9.17) is 14.3 Å². The Hall–Kier alpha value is -4.54. The number of hydrogen-bond acceptors (Lipinski definition) is 9. The second kappa shape index (κ2) is 10.4. The third kappa shape index (κ3) is 4.09. The molecule has 1 aromatic heterocycles. The van der Waals surface area contributed by atoms with Crippen molar-refractivity contribution in [1.82, 2.24) is 4.31 Å². The topological polar surface area (TPSA) is 109 Å². The Bertz CT molecular complexity index is 1840. The predicted octanol–water partition coefficient (Wildman–Crippen LogP) is 5.17. The van der Waals surface area contributed by atoms with Crippen molar-refractivity contribution in [3.8, 4) is 5.75 Å². The number of rotatable bonds is 7. The summed E-state index contributed by atoms with van der Waals surface area (Å²) in [5.74, 6) is 0.355. The molecule has 3 heterocycles. The highest BCUT2D eigenvalue weighted by Crippen LogP contribution is 2.54. The molecule has 1 amide bonds. The molecule has 2 aliphatic rings. The van der Waals surface area contributed by atoms with E-state index >= 15 is 0 Å². The van der Waals surface area contributed by atoms with E-state index in [1.54, 1.807) is 30.3 Å². The number of ether oxygens (including phenoxy) is 1. The number of nitrogens with two attached hydrogens (primary N) is 1. The van der Waals surface area contributed by atoms with Gasteiger partial charge in [0, 0.05) is 90.5 Å². The number of anilines is 2. The van der Waals surface area contributed by atoms with Crippen LogP contribution in [0.4, 0.5) is 11.4 Å². The number of carbonyl (C=O) groups excluding carboxylic acids is 2. The van der Waals surface area contributed by atoms with Crippen LogP contribution in [-0.2, 0) is 5.54 Å². The van der Waals surface area contributed by atoms with Gasteiger partial charge in [0.25, 0.3) is 5.91 Å². The minimum atomic E-state index is -1.26. The van der Waals surface area contributed by atoms with E-state index in [0.717, 1.165) is 48.3 Å². The van der Waals surface area contributed by atoms with E-state index < -0.39 is 11.2 Å². The van der Waals surface area contributed by atoms with Crippen molar-refractivity contribution in [2.45, 2.75) is 19.4 Å². The molecule has 6 rings (SSSR count). The van der Waals surface area contributed by atoms with Crippen LogP contribution in [0, 0.1) is 0 Å². The molecule has 4 aromatic rings. The number of carbonyl (C=O) groups is 2. The minimum Gasteiger partial charge on any atom is -0.456 e. The first-order valence-electron chi connectivity index (χ1n) is 13.6. The Balaban J connectivity index is 1.61. The van der Waals surface area contributed by atoms with Crippen molar-refractivity contribution in [2.24, 2.45) is 5.14 Å². The molecule has 1 spiro atoms. The molecule has 0 radical (unpaired) electrons. The second-order valence-electron chi connectivity index (χ2n) is 10.4. The molecule has 0 saturated heterocycles. The van der Waals surface area contributed by atoms with Crippen molar-refractivity contribution >= 4 is 52.4 Å². The molecular weight excluding hydrogens is 552 g/mol. The van der Waals surface area contributed by atoms with Gasteiger partial charge in [-0.15, -0.1) is 0 Å². The fourth-order valence-electron chi connectivity index (χ4n) is 5.83. The van der Waals surface area contributed by atoms with Gasteiger partial charge < -0.3 is 19.0 Å². The van der Waals surface area contributed by atoms with Gasteiger partial charge in [0.15, 0.2) is 0 Å². The van der Waals surface area contributed by atoms with E-state index in [-0.39, 0.29) is 17.2 Å². The average molecular weight is 583 g/mol. The lowest BCUT2D eigenvalue weighted by Gasteiger charge is -2.39. The number of amides is 1. The molecule has 0 saturated carbocycles. The average Bonchev–Trinajstić information content (AvgIpc) is 3.23. The molecule has 2 N–H and O–H groups in total. The normalized spacial score (nSPS) is 17.1. The van der Waals surface area contributed by atoms with Crippen LogP contribution in [0.3, 0.4) is 0 Å².